The number of fused-ring (bicyclic) bond motifs is 1. The predicted molar refractivity (Wildman–Crippen MR) is 233 cm³/mol. The van der Waals surface area contributed by atoms with Crippen LogP contribution in [0.25, 0.3) is 33.1 Å². The standard InChI is InChI=1S/C45H48N8O9S/c1-26-40(63-25-48-26)29-9-6-27(7-10-29)21-47-42(58)35-20-30(54)23-53(35)44(59)41(45(2,3)4)50-38(56)24-60-16-17-61-31-11-12-32(46-22-31)36(55)19-28-8-14-37-34(18-28)49-43(62-37)33-13-15-39(57)52(5)51-33/h6-15,18,22,25,30,35,41,54H,16-17,19-21,23-24H2,1-5H3,(H,47,58)(H,50,56)/t30-,35+,41-/m0/s1. The van der Waals surface area contributed by atoms with Gasteiger partial charge in [-0.15, -0.1) is 11.3 Å². The number of hydrogen-bond donors (Lipinski definition) is 3. The molecule has 1 fully saturated rings. The number of likely N-dealkylation sites (tertiary alicyclic amines) is 1. The molecule has 5 heterocycles. The van der Waals surface area contributed by atoms with Crippen molar-refractivity contribution in [2.45, 2.75) is 65.3 Å². The molecular weight excluding hydrogens is 829 g/mol. The van der Waals surface area contributed by atoms with Gasteiger partial charge < -0.3 is 34.5 Å². The number of nitrogens with zero attached hydrogens (tertiary/aromatic N) is 6. The molecule has 17 nitrogen and oxygen atoms in total. The maximum Gasteiger partial charge on any atom is 0.266 e. The van der Waals surface area contributed by atoms with Crippen molar-refractivity contribution in [3.8, 4) is 27.8 Å². The molecule has 1 saturated heterocycles. The van der Waals surface area contributed by atoms with Crippen LogP contribution in [0.2, 0.25) is 0 Å². The van der Waals surface area contributed by atoms with Gasteiger partial charge in [-0.05, 0) is 59.4 Å². The first-order valence-electron chi connectivity index (χ1n) is 20.3. The first kappa shape index (κ1) is 44.4. The zero-order valence-electron chi connectivity index (χ0n) is 35.5. The van der Waals surface area contributed by atoms with Gasteiger partial charge in [-0.25, -0.2) is 19.6 Å². The van der Waals surface area contributed by atoms with Gasteiger partial charge in [0.2, 0.25) is 23.6 Å². The Morgan fingerprint density at radius 3 is 2.48 bits per heavy atom. The number of aliphatic hydroxyl groups is 1. The van der Waals surface area contributed by atoms with Crippen LogP contribution >= 0.6 is 11.3 Å². The highest BCUT2D eigenvalue weighted by Crippen LogP contribution is 2.29. The van der Waals surface area contributed by atoms with Crippen LogP contribution in [-0.4, -0.2) is 103 Å². The van der Waals surface area contributed by atoms with Crippen molar-refractivity contribution in [2.24, 2.45) is 12.5 Å². The number of nitrogens with one attached hydrogen (secondary N) is 2. The molecule has 0 bridgehead atoms. The molecule has 0 unspecified atom stereocenters. The molecule has 63 heavy (non-hydrogen) atoms. The average molecular weight is 877 g/mol. The molecule has 0 spiro atoms. The smallest absolute Gasteiger partial charge is 0.266 e. The van der Waals surface area contributed by atoms with Gasteiger partial charge in [-0.2, -0.15) is 5.10 Å². The summed E-state index contributed by atoms with van der Waals surface area (Å²) in [5.41, 5.74) is 6.10. The van der Waals surface area contributed by atoms with Crippen LogP contribution in [-0.2, 0) is 39.1 Å². The number of ether oxygens (including phenoxy) is 2. The summed E-state index contributed by atoms with van der Waals surface area (Å²) < 4.78 is 18.2. The van der Waals surface area contributed by atoms with Gasteiger partial charge >= 0.3 is 0 Å². The van der Waals surface area contributed by atoms with E-state index < -0.39 is 41.3 Å². The Balaban J connectivity index is 0.849. The third-order valence-electron chi connectivity index (χ3n) is 10.5. The maximum atomic E-state index is 14.0. The summed E-state index contributed by atoms with van der Waals surface area (Å²) in [6.07, 6.45) is 0.681. The Labute approximate surface area is 366 Å². The predicted octanol–water partition coefficient (Wildman–Crippen LogP) is 4.05. The first-order valence-corrected chi connectivity index (χ1v) is 21.2. The van der Waals surface area contributed by atoms with Crippen LogP contribution in [0.15, 0.2) is 87.6 Å². The topological polar surface area (TPSA) is 221 Å². The molecule has 18 heteroatoms. The third-order valence-corrected chi connectivity index (χ3v) is 11.4. The molecular formula is C45H48N8O9S. The number of carbonyl (C=O) groups excluding carboxylic acids is 4. The summed E-state index contributed by atoms with van der Waals surface area (Å²) in [6.45, 7) is 7.34. The fraction of sp³-hybridized carbons (Fsp3) is 0.356. The molecule has 0 radical (unpaired) electrons. The Bertz CT molecular complexity index is 2670. The van der Waals surface area contributed by atoms with Crippen LogP contribution in [0, 0.1) is 12.3 Å². The van der Waals surface area contributed by atoms with Crippen LogP contribution in [0.1, 0.15) is 54.5 Å². The second-order valence-corrected chi connectivity index (χ2v) is 17.2. The van der Waals surface area contributed by atoms with E-state index in [-0.39, 0.29) is 68.7 Å². The highest BCUT2D eigenvalue weighted by molar-refractivity contribution is 7.13. The van der Waals surface area contributed by atoms with Crippen molar-refractivity contribution in [2.75, 3.05) is 26.4 Å². The van der Waals surface area contributed by atoms with Crippen molar-refractivity contribution in [1.82, 2.24) is 40.3 Å². The second kappa shape index (κ2) is 19.2. The van der Waals surface area contributed by atoms with Crippen molar-refractivity contribution in [3.63, 3.8) is 0 Å². The number of aliphatic hydroxyl groups excluding tert-OH is 1. The molecule has 0 aliphatic carbocycles. The lowest BCUT2D eigenvalue weighted by Crippen LogP contribution is -2.58. The molecule has 1 aliphatic rings. The molecule has 3 atom stereocenters. The average Bonchev–Trinajstić information content (AvgIpc) is 4.00. The first-order chi connectivity index (χ1) is 30.1. The van der Waals surface area contributed by atoms with E-state index in [1.165, 1.54) is 35.0 Å². The monoisotopic (exact) mass is 876 g/mol. The number of Topliss-reactive ketones (excluding diaryl/α,β-unsaturated/α-hetero) is 1. The lowest BCUT2D eigenvalue weighted by atomic mass is 9.85. The minimum Gasteiger partial charge on any atom is -0.490 e. The fourth-order valence-electron chi connectivity index (χ4n) is 7.08. The number of hydrogen-bond acceptors (Lipinski definition) is 14. The fourth-order valence-corrected chi connectivity index (χ4v) is 7.89. The summed E-state index contributed by atoms with van der Waals surface area (Å²) in [5.74, 6) is -0.966. The second-order valence-electron chi connectivity index (χ2n) is 16.3. The van der Waals surface area contributed by atoms with Gasteiger partial charge in [-0.3, -0.25) is 24.0 Å². The summed E-state index contributed by atoms with van der Waals surface area (Å²) in [6, 6.07) is 17.2. The van der Waals surface area contributed by atoms with E-state index in [1.54, 1.807) is 68.0 Å². The Morgan fingerprint density at radius 2 is 1.78 bits per heavy atom. The number of ketones is 1. The summed E-state index contributed by atoms with van der Waals surface area (Å²) in [4.78, 5) is 80.6. The summed E-state index contributed by atoms with van der Waals surface area (Å²) in [7, 11) is 1.54. The quantitative estimate of drug-likeness (QED) is 0.0925. The van der Waals surface area contributed by atoms with E-state index in [0.29, 0.717) is 28.1 Å². The van der Waals surface area contributed by atoms with Crippen LogP contribution in [0.3, 0.4) is 0 Å². The zero-order chi connectivity index (χ0) is 44.8. The molecule has 1 aliphatic heterocycles. The number of aromatic nitrogens is 5. The molecule has 6 aromatic rings. The number of rotatable bonds is 16. The molecule has 4 aromatic heterocycles. The number of benzene rings is 2. The van der Waals surface area contributed by atoms with E-state index in [2.05, 4.69) is 30.7 Å². The molecule has 0 saturated carbocycles. The Morgan fingerprint density at radius 1 is 1.00 bits per heavy atom. The van der Waals surface area contributed by atoms with Gasteiger partial charge in [0.1, 0.15) is 48.0 Å². The summed E-state index contributed by atoms with van der Waals surface area (Å²) in [5, 5.41) is 20.4. The van der Waals surface area contributed by atoms with E-state index in [1.807, 2.05) is 31.2 Å². The number of β-amino-alcohol motifs (C(OH)–C–C–N with tert-alkyl or cyclic N) is 1. The van der Waals surface area contributed by atoms with Crippen LogP contribution in [0.4, 0.5) is 0 Å². The van der Waals surface area contributed by atoms with Crippen molar-refractivity contribution in [1.29, 1.82) is 0 Å². The van der Waals surface area contributed by atoms with Crippen molar-refractivity contribution in [3.05, 3.63) is 111 Å². The van der Waals surface area contributed by atoms with E-state index in [9.17, 15) is 29.1 Å². The van der Waals surface area contributed by atoms with Crippen LogP contribution < -0.4 is 20.9 Å². The van der Waals surface area contributed by atoms with Gasteiger partial charge in [0.25, 0.3) is 5.56 Å². The number of amides is 3. The molecule has 328 valence electrons. The maximum absolute atomic E-state index is 14.0. The van der Waals surface area contributed by atoms with Crippen molar-refractivity contribution >= 4 is 45.9 Å². The van der Waals surface area contributed by atoms with E-state index in [4.69, 9.17) is 13.9 Å². The third kappa shape index (κ3) is 10.9. The number of carbonyl (C=O) groups is 4. The number of aryl methyl sites for hydroxylation is 2. The molecule has 3 N–H and O–H groups in total. The summed E-state index contributed by atoms with van der Waals surface area (Å²) >= 11 is 1.56. The SMILES string of the molecule is Cc1ncsc1-c1ccc(CNC(=O)[C@H]2C[C@H](O)CN2C(=O)[C@H](NC(=O)COCCOc2ccc(C(=O)Cc3ccc4oc(-c5ccc(=O)n(C)n5)nc4c3)nc2)C(C)(C)C)cc1. The highest BCUT2D eigenvalue weighted by atomic mass is 32.1. The van der Waals surface area contributed by atoms with Crippen LogP contribution in [0.5, 0.6) is 5.75 Å². The lowest BCUT2D eigenvalue weighted by molar-refractivity contribution is -0.144. The number of oxazole rings is 1. The van der Waals surface area contributed by atoms with Gasteiger partial charge in [0.05, 0.1) is 35.0 Å². The molecule has 3 amide bonds. The number of thiazole rings is 1. The van der Waals surface area contributed by atoms with E-state index >= 15 is 0 Å². The van der Waals surface area contributed by atoms with Gasteiger partial charge in [0.15, 0.2) is 11.4 Å². The highest BCUT2D eigenvalue weighted by Gasteiger charge is 2.44. The van der Waals surface area contributed by atoms with Crippen molar-refractivity contribution < 1.29 is 38.2 Å². The minimum atomic E-state index is -1.01. The largest absolute Gasteiger partial charge is 0.490 e. The Hall–Kier alpha value is -6.63. The minimum absolute atomic E-state index is 0.0409. The normalized spacial score (nSPS) is 15.6. The number of pyridine rings is 1. The molecule has 7 rings (SSSR count). The lowest BCUT2D eigenvalue weighted by Gasteiger charge is -2.35. The van der Waals surface area contributed by atoms with Gasteiger partial charge in [-0.1, -0.05) is 51.1 Å². The van der Waals surface area contributed by atoms with Gasteiger partial charge in [0, 0.05) is 39.0 Å². The molecule has 2 aromatic carbocycles. The zero-order valence-corrected chi connectivity index (χ0v) is 36.3. The van der Waals surface area contributed by atoms with E-state index in [0.717, 1.165) is 21.7 Å². The Kier molecular flexibility index (Phi) is 13.5.